The summed E-state index contributed by atoms with van der Waals surface area (Å²) >= 11 is 1.72. The van der Waals surface area contributed by atoms with E-state index in [-0.39, 0.29) is 12.4 Å². The van der Waals surface area contributed by atoms with Gasteiger partial charge in [-0.1, -0.05) is 6.07 Å². The third-order valence-electron chi connectivity index (χ3n) is 4.58. The summed E-state index contributed by atoms with van der Waals surface area (Å²) in [5, 5.41) is 10.5. The van der Waals surface area contributed by atoms with Crippen molar-refractivity contribution in [1.82, 2.24) is 4.90 Å². The molecule has 27 heavy (non-hydrogen) atoms. The monoisotopic (exact) mass is 405 g/mol. The first-order chi connectivity index (χ1) is 12.7. The Bertz CT molecular complexity index is 836. The molecule has 0 radical (unpaired) electrons. The summed E-state index contributed by atoms with van der Waals surface area (Å²) in [6, 6.07) is 12.2. The van der Waals surface area contributed by atoms with Gasteiger partial charge in [-0.15, -0.1) is 23.7 Å². The molecule has 1 aliphatic heterocycles. The van der Waals surface area contributed by atoms with E-state index in [4.69, 9.17) is 9.47 Å². The van der Waals surface area contributed by atoms with E-state index in [0.717, 1.165) is 42.2 Å². The SMILES string of the molecule is COc1ccc(/C(=C/C#N)c2ccc(N3CCN(C)CC3)s2)cc1OC.Cl. The maximum absolute atomic E-state index is 9.28. The molecule has 0 spiro atoms. The molecule has 7 heteroatoms. The molecule has 2 aromatic rings. The van der Waals surface area contributed by atoms with Crippen molar-refractivity contribution in [2.75, 3.05) is 52.3 Å². The number of hydrogen-bond acceptors (Lipinski definition) is 6. The molecule has 1 aliphatic rings. The summed E-state index contributed by atoms with van der Waals surface area (Å²) in [5.41, 5.74) is 1.84. The van der Waals surface area contributed by atoms with Gasteiger partial charge < -0.3 is 19.3 Å². The number of halogens is 1. The number of benzene rings is 1. The summed E-state index contributed by atoms with van der Waals surface area (Å²) in [7, 11) is 5.39. The Balaban J connectivity index is 0.00000261. The highest BCUT2D eigenvalue weighted by molar-refractivity contribution is 7.17. The van der Waals surface area contributed by atoms with Crippen LogP contribution in [-0.2, 0) is 0 Å². The Morgan fingerprint density at radius 2 is 1.78 bits per heavy atom. The van der Waals surface area contributed by atoms with Crippen molar-refractivity contribution in [1.29, 1.82) is 5.26 Å². The standard InChI is InChI=1S/C20H23N3O2S.ClH/c1-22-10-12-23(13-11-22)20-7-6-19(26-20)16(8-9-21)15-4-5-17(24-2)18(14-15)25-3;/h4-8,14H,10-13H2,1-3H3;1H/b16-8-;. The molecular formula is C20H24ClN3O2S. The van der Waals surface area contributed by atoms with Crippen LogP contribution in [0.5, 0.6) is 11.5 Å². The van der Waals surface area contributed by atoms with E-state index in [1.165, 1.54) is 5.00 Å². The Labute approximate surface area is 170 Å². The number of hydrogen-bond donors (Lipinski definition) is 0. The second-order valence-corrected chi connectivity index (χ2v) is 7.25. The minimum atomic E-state index is 0. The molecule has 0 saturated carbocycles. The van der Waals surface area contributed by atoms with E-state index < -0.39 is 0 Å². The molecule has 0 N–H and O–H groups in total. The second-order valence-electron chi connectivity index (χ2n) is 6.19. The number of ether oxygens (including phenoxy) is 2. The zero-order chi connectivity index (χ0) is 18.5. The van der Waals surface area contributed by atoms with Crippen molar-refractivity contribution in [3.8, 4) is 17.6 Å². The van der Waals surface area contributed by atoms with Crippen LogP contribution in [0.4, 0.5) is 5.00 Å². The smallest absolute Gasteiger partial charge is 0.161 e. The molecule has 0 unspecified atom stereocenters. The predicted molar refractivity (Wildman–Crippen MR) is 114 cm³/mol. The number of allylic oxidation sites excluding steroid dienone is 1. The Hall–Kier alpha value is -2.20. The number of thiophene rings is 1. The first-order valence-electron chi connectivity index (χ1n) is 8.52. The Kier molecular flexibility index (Phi) is 7.55. The van der Waals surface area contributed by atoms with Gasteiger partial charge in [0.1, 0.15) is 0 Å². The van der Waals surface area contributed by atoms with Crippen molar-refractivity contribution in [2.45, 2.75) is 0 Å². The Morgan fingerprint density at radius 3 is 2.41 bits per heavy atom. The van der Waals surface area contributed by atoms with Crippen LogP contribution >= 0.6 is 23.7 Å². The molecule has 0 amide bonds. The van der Waals surface area contributed by atoms with Crippen LogP contribution in [0.15, 0.2) is 36.4 Å². The van der Waals surface area contributed by atoms with Crippen LogP contribution in [-0.4, -0.2) is 52.3 Å². The molecule has 0 aliphatic carbocycles. The molecule has 0 atom stereocenters. The van der Waals surface area contributed by atoms with E-state index in [1.54, 1.807) is 31.6 Å². The minimum absolute atomic E-state index is 0. The highest BCUT2D eigenvalue weighted by Gasteiger charge is 2.18. The molecule has 1 aromatic heterocycles. The van der Waals surface area contributed by atoms with Crippen LogP contribution in [0.2, 0.25) is 0 Å². The number of piperazine rings is 1. The molecule has 1 aromatic carbocycles. The van der Waals surface area contributed by atoms with Gasteiger partial charge in [-0.3, -0.25) is 0 Å². The summed E-state index contributed by atoms with van der Waals surface area (Å²) in [6.07, 6.45) is 1.60. The Morgan fingerprint density at radius 1 is 1.07 bits per heavy atom. The lowest BCUT2D eigenvalue weighted by Gasteiger charge is -2.32. The third kappa shape index (κ3) is 4.75. The summed E-state index contributed by atoms with van der Waals surface area (Å²) < 4.78 is 10.7. The van der Waals surface area contributed by atoms with Gasteiger partial charge in [0, 0.05) is 42.7 Å². The lowest BCUT2D eigenvalue weighted by Crippen LogP contribution is -2.44. The second kappa shape index (κ2) is 9.65. The van der Waals surface area contributed by atoms with E-state index in [0.29, 0.717) is 11.5 Å². The van der Waals surface area contributed by atoms with E-state index in [2.05, 4.69) is 35.0 Å². The molecule has 3 rings (SSSR count). The van der Waals surface area contributed by atoms with Crippen LogP contribution in [0.1, 0.15) is 10.4 Å². The zero-order valence-corrected chi connectivity index (χ0v) is 17.4. The summed E-state index contributed by atoms with van der Waals surface area (Å²) in [5.74, 6) is 1.33. The van der Waals surface area contributed by atoms with Gasteiger partial charge in [0.25, 0.3) is 0 Å². The highest BCUT2D eigenvalue weighted by Crippen LogP contribution is 2.37. The van der Waals surface area contributed by atoms with Gasteiger partial charge in [0.2, 0.25) is 0 Å². The number of rotatable bonds is 5. The molecule has 1 saturated heterocycles. The average Bonchev–Trinajstić information content (AvgIpc) is 3.16. The van der Waals surface area contributed by atoms with Crippen molar-refractivity contribution < 1.29 is 9.47 Å². The average molecular weight is 406 g/mol. The highest BCUT2D eigenvalue weighted by atomic mass is 35.5. The summed E-state index contributed by atoms with van der Waals surface area (Å²) in [4.78, 5) is 5.83. The first-order valence-corrected chi connectivity index (χ1v) is 9.33. The van der Waals surface area contributed by atoms with Gasteiger partial charge in [-0.05, 0) is 36.9 Å². The van der Waals surface area contributed by atoms with Crippen molar-refractivity contribution in [3.63, 3.8) is 0 Å². The number of nitriles is 1. The maximum atomic E-state index is 9.28. The fourth-order valence-corrected chi connectivity index (χ4v) is 4.13. The van der Waals surface area contributed by atoms with Gasteiger partial charge in [-0.25, -0.2) is 0 Å². The molecule has 2 heterocycles. The predicted octanol–water partition coefficient (Wildman–Crippen LogP) is 3.89. The largest absolute Gasteiger partial charge is 0.493 e. The lowest BCUT2D eigenvalue weighted by molar-refractivity contribution is 0.313. The lowest BCUT2D eigenvalue weighted by atomic mass is 10.0. The fourth-order valence-electron chi connectivity index (χ4n) is 3.03. The molecule has 5 nitrogen and oxygen atoms in total. The minimum Gasteiger partial charge on any atom is -0.493 e. The number of likely N-dealkylation sites (N-methyl/N-ethyl adjacent to an activating group) is 1. The summed E-state index contributed by atoms with van der Waals surface area (Å²) in [6.45, 7) is 4.21. The van der Waals surface area contributed by atoms with E-state index in [1.807, 2.05) is 18.2 Å². The van der Waals surface area contributed by atoms with E-state index >= 15 is 0 Å². The maximum Gasteiger partial charge on any atom is 0.161 e. The van der Waals surface area contributed by atoms with Crippen LogP contribution in [0.25, 0.3) is 5.57 Å². The molecule has 0 bridgehead atoms. The zero-order valence-electron chi connectivity index (χ0n) is 15.8. The number of nitrogens with zero attached hydrogens (tertiary/aromatic N) is 3. The third-order valence-corrected chi connectivity index (χ3v) is 5.75. The van der Waals surface area contributed by atoms with E-state index in [9.17, 15) is 5.26 Å². The number of anilines is 1. The topological polar surface area (TPSA) is 48.7 Å². The van der Waals surface area contributed by atoms with Crippen LogP contribution in [0, 0.1) is 11.3 Å². The van der Waals surface area contributed by atoms with Crippen LogP contribution in [0.3, 0.4) is 0 Å². The molecule has 144 valence electrons. The first kappa shape index (κ1) is 21.1. The van der Waals surface area contributed by atoms with Crippen LogP contribution < -0.4 is 14.4 Å². The fraction of sp³-hybridized carbons (Fsp3) is 0.350. The normalized spacial score (nSPS) is 15.0. The molecule has 1 fully saturated rings. The van der Waals surface area contributed by atoms with Crippen molar-refractivity contribution in [3.05, 3.63) is 46.8 Å². The van der Waals surface area contributed by atoms with Gasteiger partial charge in [0.05, 0.1) is 25.3 Å². The van der Waals surface area contributed by atoms with Crippen molar-refractivity contribution >= 4 is 34.3 Å². The van der Waals surface area contributed by atoms with Crippen molar-refractivity contribution in [2.24, 2.45) is 0 Å². The quantitative estimate of drug-likeness (QED) is 0.706. The van der Waals surface area contributed by atoms with Gasteiger partial charge >= 0.3 is 0 Å². The van der Waals surface area contributed by atoms with Gasteiger partial charge in [0.15, 0.2) is 11.5 Å². The molecular weight excluding hydrogens is 382 g/mol. The van der Waals surface area contributed by atoms with Gasteiger partial charge in [-0.2, -0.15) is 5.26 Å². The number of methoxy groups -OCH3 is 2.